The fourth-order valence-corrected chi connectivity index (χ4v) is 4.40. The second kappa shape index (κ2) is 8.09. The number of carbonyl (C=O) groups is 1. The van der Waals surface area contributed by atoms with Gasteiger partial charge in [0.1, 0.15) is 5.82 Å². The molecule has 0 spiro atoms. The molecule has 0 saturated carbocycles. The van der Waals surface area contributed by atoms with Crippen LogP contribution in [0.5, 0.6) is 0 Å². The van der Waals surface area contributed by atoms with Gasteiger partial charge in [-0.05, 0) is 42.5 Å². The molecular weight excluding hydrogens is 414 g/mol. The van der Waals surface area contributed by atoms with E-state index < -0.39 is 10.0 Å². The van der Waals surface area contributed by atoms with Gasteiger partial charge in [0, 0.05) is 45.6 Å². The Labute approximate surface area is 180 Å². The highest BCUT2D eigenvalue weighted by Gasteiger charge is 2.19. The first-order valence-electron chi connectivity index (χ1n) is 9.79. The van der Waals surface area contributed by atoms with E-state index in [2.05, 4.69) is 15.3 Å². The number of nitrogens with one attached hydrogen (secondary N) is 1. The van der Waals surface area contributed by atoms with Crippen molar-refractivity contribution in [1.82, 2.24) is 18.8 Å². The molecule has 2 aromatic heterocycles. The number of benzene rings is 2. The van der Waals surface area contributed by atoms with Gasteiger partial charge < -0.3 is 9.88 Å². The smallest absolute Gasteiger partial charge is 0.242 e. The van der Waals surface area contributed by atoms with Crippen molar-refractivity contribution < 1.29 is 13.2 Å². The topological polar surface area (TPSA) is 97.2 Å². The third kappa shape index (κ3) is 4.01. The molecule has 4 aromatic rings. The van der Waals surface area contributed by atoms with Crippen LogP contribution in [0, 0.1) is 0 Å². The molecule has 0 bridgehead atoms. The van der Waals surface area contributed by atoms with Crippen LogP contribution < -0.4 is 5.32 Å². The molecule has 160 valence electrons. The SMILES string of the molecule is CN(C)S(=O)(=O)c1ccc2c(c1)nc(CCC(=O)Nc1cccc3ncccc13)n2C. The van der Waals surface area contributed by atoms with E-state index in [0.29, 0.717) is 17.8 Å². The van der Waals surface area contributed by atoms with Crippen LogP contribution in [0.15, 0.2) is 59.6 Å². The summed E-state index contributed by atoms with van der Waals surface area (Å²) in [5.74, 6) is 0.587. The number of rotatable bonds is 6. The van der Waals surface area contributed by atoms with E-state index in [1.54, 1.807) is 24.4 Å². The van der Waals surface area contributed by atoms with Gasteiger partial charge in [0.05, 0.1) is 27.1 Å². The fraction of sp³-hybridized carbons (Fsp3) is 0.227. The molecule has 31 heavy (non-hydrogen) atoms. The van der Waals surface area contributed by atoms with Crippen molar-refractivity contribution in [3.63, 3.8) is 0 Å². The molecule has 2 heterocycles. The number of imidazole rings is 1. The van der Waals surface area contributed by atoms with E-state index in [4.69, 9.17) is 0 Å². The molecule has 9 heteroatoms. The van der Waals surface area contributed by atoms with Gasteiger partial charge in [-0.15, -0.1) is 0 Å². The lowest BCUT2D eigenvalue weighted by Crippen LogP contribution is -2.22. The van der Waals surface area contributed by atoms with Crippen LogP contribution in [0.1, 0.15) is 12.2 Å². The number of fused-ring (bicyclic) bond motifs is 2. The van der Waals surface area contributed by atoms with Gasteiger partial charge >= 0.3 is 0 Å². The van der Waals surface area contributed by atoms with Crippen molar-refractivity contribution in [3.05, 3.63) is 60.6 Å². The molecule has 4 rings (SSSR count). The van der Waals surface area contributed by atoms with E-state index in [-0.39, 0.29) is 17.2 Å². The predicted octanol–water partition coefficient (Wildman–Crippen LogP) is 2.94. The van der Waals surface area contributed by atoms with Crippen molar-refractivity contribution in [2.24, 2.45) is 7.05 Å². The molecule has 0 aliphatic carbocycles. The van der Waals surface area contributed by atoms with E-state index in [1.165, 1.54) is 18.4 Å². The summed E-state index contributed by atoms with van der Waals surface area (Å²) < 4.78 is 27.8. The molecule has 0 saturated heterocycles. The summed E-state index contributed by atoms with van der Waals surface area (Å²) in [5.41, 5.74) is 2.94. The minimum atomic E-state index is -3.54. The van der Waals surface area contributed by atoms with Gasteiger partial charge in [-0.25, -0.2) is 17.7 Å². The molecule has 0 aliphatic rings. The minimum absolute atomic E-state index is 0.126. The van der Waals surface area contributed by atoms with Crippen LogP contribution in [0.4, 0.5) is 5.69 Å². The first-order valence-corrected chi connectivity index (χ1v) is 11.2. The Bertz CT molecular complexity index is 1390. The highest BCUT2D eigenvalue weighted by Crippen LogP contribution is 2.23. The normalized spacial score (nSPS) is 12.0. The van der Waals surface area contributed by atoms with Crippen molar-refractivity contribution in [1.29, 1.82) is 0 Å². The van der Waals surface area contributed by atoms with Crippen molar-refractivity contribution in [2.75, 3.05) is 19.4 Å². The Morgan fingerprint density at radius 1 is 1.10 bits per heavy atom. The molecule has 0 aliphatic heterocycles. The number of aryl methyl sites for hydroxylation is 2. The number of hydrogen-bond donors (Lipinski definition) is 1. The monoisotopic (exact) mass is 437 g/mol. The maximum Gasteiger partial charge on any atom is 0.242 e. The highest BCUT2D eigenvalue weighted by atomic mass is 32.2. The van der Waals surface area contributed by atoms with Gasteiger partial charge in [0.15, 0.2) is 0 Å². The van der Waals surface area contributed by atoms with Crippen molar-refractivity contribution in [3.8, 4) is 0 Å². The maximum absolute atomic E-state index is 12.6. The number of carbonyl (C=O) groups excluding carboxylic acids is 1. The summed E-state index contributed by atoms with van der Waals surface area (Å²) in [6, 6.07) is 14.2. The van der Waals surface area contributed by atoms with Gasteiger partial charge in [0.25, 0.3) is 0 Å². The van der Waals surface area contributed by atoms with Crippen LogP contribution in [0.2, 0.25) is 0 Å². The van der Waals surface area contributed by atoms with E-state index >= 15 is 0 Å². The lowest BCUT2D eigenvalue weighted by Gasteiger charge is -2.10. The first kappa shape index (κ1) is 21.0. The number of aromatic nitrogens is 3. The van der Waals surface area contributed by atoms with Gasteiger partial charge in [-0.3, -0.25) is 9.78 Å². The first-order chi connectivity index (χ1) is 14.8. The second-order valence-corrected chi connectivity index (χ2v) is 9.60. The number of hydrogen-bond acceptors (Lipinski definition) is 5. The lowest BCUT2D eigenvalue weighted by molar-refractivity contribution is -0.116. The van der Waals surface area contributed by atoms with Gasteiger partial charge in [0.2, 0.25) is 15.9 Å². The Balaban J connectivity index is 1.52. The summed E-state index contributed by atoms with van der Waals surface area (Å²) in [6.45, 7) is 0. The van der Waals surface area contributed by atoms with Gasteiger partial charge in [-0.2, -0.15) is 0 Å². The molecule has 1 N–H and O–H groups in total. The van der Waals surface area contributed by atoms with Gasteiger partial charge in [-0.1, -0.05) is 6.07 Å². The third-order valence-corrected chi connectivity index (χ3v) is 7.03. The third-order valence-electron chi connectivity index (χ3n) is 5.22. The molecule has 0 atom stereocenters. The standard InChI is InChI=1S/C22H23N5O3S/c1-26(2)31(29,30)15-9-10-20-19(14-15)24-21(27(20)3)11-12-22(28)25-18-8-4-7-17-16(18)6-5-13-23-17/h4-10,13-14H,11-12H2,1-3H3,(H,25,28). The molecule has 0 radical (unpaired) electrons. The number of amides is 1. The summed E-state index contributed by atoms with van der Waals surface area (Å²) in [6.07, 6.45) is 2.39. The fourth-order valence-electron chi connectivity index (χ4n) is 3.47. The van der Waals surface area contributed by atoms with Crippen LogP contribution in [-0.4, -0.2) is 47.3 Å². The minimum Gasteiger partial charge on any atom is -0.331 e. The molecule has 0 fully saturated rings. The molecule has 0 unspecified atom stereocenters. The van der Waals surface area contributed by atoms with Crippen molar-refractivity contribution >= 4 is 43.6 Å². The maximum atomic E-state index is 12.6. The zero-order valence-electron chi connectivity index (χ0n) is 17.5. The lowest BCUT2D eigenvalue weighted by atomic mass is 10.1. The summed E-state index contributed by atoms with van der Waals surface area (Å²) >= 11 is 0. The van der Waals surface area contributed by atoms with Crippen LogP contribution in [0.3, 0.4) is 0 Å². The molecule has 8 nitrogen and oxygen atoms in total. The van der Waals surface area contributed by atoms with E-state index in [9.17, 15) is 13.2 Å². The highest BCUT2D eigenvalue weighted by molar-refractivity contribution is 7.89. The van der Waals surface area contributed by atoms with Crippen molar-refractivity contribution in [2.45, 2.75) is 17.7 Å². The Kier molecular flexibility index (Phi) is 5.47. The summed E-state index contributed by atoms with van der Waals surface area (Å²) in [7, 11) is 1.31. The molecule has 1 amide bonds. The Hall–Kier alpha value is -3.30. The number of pyridine rings is 1. The summed E-state index contributed by atoms with van der Waals surface area (Å²) in [4.78, 5) is 21.6. The van der Waals surface area contributed by atoms with E-state index in [0.717, 1.165) is 22.1 Å². The van der Waals surface area contributed by atoms with Crippen LogP contribution in [-0.2, 0) is 28.3 Å². The number of anilines is 1. The Morgan fingerprint density at radius 3 is 2.68 bits per heavy atom. The van der Waals surface area contributed by atoms with Crippen LogP contribution >= 0.6 is 0 Å². The Morgan fingerprint density at radius 2 is 1.90 bits per heavy atom. The molecule has 2 aromatic carbocycles. The largest absolute Gasteiger partial charge is 0.331 e. The summed E-state index contributed by atoms with van der Waals surface area (Å²) in [5, 5.41) is 3.83. The number of nitrogens with zero attached hydrogens (tertiary/aromatic N) is 4. The molecular formula is C22H23N5O3S. The number of sulfonamides is 1. The quantitative estimate of drug-likeness (QED) is 0.500. The average molecular weight is 438 g/mol. The second-order valence-electron chi connectivity index (χ2n) is 7.45. The van der Waals surface area contributed by atoms with E-state index in [1.807, 2.05) is 41.9 Å². The zero-order chi connectivity index (χ0) is 22.2. The zero-order valence-corrected chi connectivity index (χ0v) is 18.3. The average Bonchev–Trinajstić information content (AvgIpc) is 3.07. The predicted molar refractivity (Wildman–Crippen MR) is 120 cm³/mol. The van der Waals surface area contributed by atoms with Crippen LogP contribution in [0.25, 0.3) is 21.9 Å².